The Labute approximate surface area is 73.4 Å². The van der Waals surface area contributed by atoms with Gasteiger partial charge in [-0.1, -0.05) is 25.4 Å². The standard InChI is InChI=1S/C7H8ClN.C2H6/c1-5-3-9-4-6(2)7(5)8;1-2/h3-4H,1-2H3;1-2H3. The van der Waals surface area contributed by atoms with E-state index in [9.17, 15) is 0 Å². The van der Waals surface area contributed by atoms with E-state index in [1.165, 1.54) is 0 Å². The molecule has 1 aromatic rings. The normalized spacial score (nSPS) is 8.45. The molecule has 0 amide bonds. The van der Waals surface area contributed by atoms with Gasteiger partial charge in [0.2, 0.25) is 0 Å². The minimum Gasteiger partial charge on any atom is -0.264 e. The molecule has 1 rings (SSSR count). The van der Waals surface area contributed by atoms with Crippen LogP contribution in [0.25, 0.3) is 0 Å². The number of hydrogen-bond donors (Lipinski definition) is 0. The zero-order valence-corrected chi connectivity index (χ0v) is 8.24. The molecular weight excluding hydrogens is 158 g/mol. The highest BCUT2D eigenvalue weighted by molar-refractivity contribution is 6.32. The lowest BCUT2D eigenvalue weighted by molar-refractivity contribution is 1.22. The minimum atomic E-state index is 0.824. The minimum absolute atomic E-state index is 0.824. The second-order valence-corrected chi connectivity index (χ2v) is 2.47. The molecule has 2 heteroatoms. The fourth-order valence-corrected chi connectivity index (χ4v) is 0.783. The lowest BCUT2D eigenvalue weighted by atomic mass is 10.2. The summed E-state index contributed by atoms with van der Waals surface area (Å²) in [6.07, 6.45) is 3.52. The molecule has 0 unspecified atom stereocenters. The van der Waals surface area contributed by atoms with Crippen molar-refractivity contribution >= 4 is 11.6 Å². The number of aromatic nitrogens is 1. The summed E-state index contributed by atoms with van der Waals surface area (Å²) in [7, 11) is 0. The number of rotatable bonds is 0. The lowest BCUT2D eigenvalue weighted by Crippen LogP contribution is -1.81. The summed E-state index contributed by atoms with van der Waals surface area (Å²) in [4.78, 5) is 3.96. The third kappa shape index (κ3) is 2.89. The van der Waals surface area contributed by atoms with Crippen molar-refractivity contribution in [1.82, 2.24) is 4.98 Å². The van der Waals surface area contributed by atoms with Crippen molar-refractivity contribution in [3.63, 3.8) is 0 Å². The van der Waals surface area contributed by atoms with E-state index in [2.05, 4.69) is 4.98 Å². The molecule has 0 N–H and O–H groups in total. The summed E-state index contributed by atoms with van der Waals surface area (Å²) in [6.45, 7) is 7.89. The van der Waals surface area contributed by atoms with Gasteiger partial charge in [-0.2, -0.15) is 0 Å². The Hall–Kier alpha value is -0.560. The van der Waals surface area contributed by atoms with Gasteiger partial charge in [-0.15, -0.1) is 0 Å². The van der Waals surface area contributed by atoms with Crippen molar-refractivity contribution in [3.05, 3.63) is 28.5 Å². The van der Waals surface area contributed by atoms with Gasteiger partial charge in [-0.05, 0) is 25.0 Å². The van der Waals surface area contributed by atoms with E-state index in [0.717, 1.165) is 16.1 Å². The molecule has 0 aliphatic carbocycles. The molecule has 1 heterocycles. The van der Waals surface area contributed by atoms with Crippen LogP contribution in [0, 0.1) is 13.8 Å². The molecule has 62 valence electrons. The summed E-state index contributed by atoms with van der Waals surface area (Å²) in [5, 5.41) is 0.824. The Morgan fingerprint density at radius 3 is 1.73 bits per heavy atom. The zero-order chi connectivity index (χ0) is 8.85. The van der Waals surface area contributed by atoms with Gasteiger partial charge in [0.05, 0.1) is 0 Å². The Morgan fingerprint density at radius 1 is 1.09 bits per heavy atom. The Morgan fingerprint density at radius 2 is 1.45 bits per heavy atom. The van der Waals surface area contributed by atoms with Crippen molar-refractivity contribution in [2.45, 2.75) is 27.7 Å². The van der Waals surface area contributed by atoms with Gasteiger partial charge in [-0.25, -0.2) is 0 Å². The van der Waals surface area contributed by atoms with E-state index in [1.54, 1.807) is 12.4 Å². The highest BCUT2D eigenvalue weighted by Crippen LogP contribution is 2.16. The molecule has 0 spiro atoms. The molecule has 0 radical (unpaired) electrons. The smallest absolute Gasteiger partial charge is 0.0495 e. The van der Waals surface area contributed by atoms with Crippen molar-refractivity contribution in [2.24, 2.45) is 0 Å². The lowest BCUT2D eigenvalue weighted by Gasteiger charge is -1.97. The fraction of sp³-hybridized carbons (Fsp3) is 0.444. The van der Waals surface area contributed by atoms with Crippen LogP contribution < -0.4 is 0 Å². The SMILES string of the molecule is CC.Cc1cncc(C)c1Cl. The first-order chi connectivity index (χ1) is 5.22. The van der Waals surface area contributed by atoms with Crippen LogP contribution in [0.2, 0.25) is 5.02 Å². The molecule has 0 saturated heterocycles. The number of aryl methyl sites for hydroxylation is 2. The largest absolute Gasteiger partial charge is 0.264 e. The topological polar surface area (TPSA) is 12.9 Å². The molecule has 0 aliphatic rings. The molecule has 0 saturated carbocycles. The quantitative estimate of drug-likeness (QED) is 0.583. The second kappa shape index (κ2) is 5.14. The molecule has 0 bridgehead atoms. The third-order valence-electron chi connectivity index (χ3n) is 1.23. The monoisotopic (exact) mass is 171 g/mol. The summed E-state index contributed by atoms with van der Waals surface area (Å²) in [5.41, 5.74) is 2.08. The second-order valence-electron chi connectivity index (χ2n) is 2.09. The molecule has 1 aromatic heterocycles. The van der Waals surface area contributed by atoms with E-state index in [4.69, 9.17) is 11.6 Å². The van der Waals surface area contributed by atoms with Crippen LogP contribution >= 0.6 is 11.6 Å². The van der Waals surface area contributed by atoms with E-state index < -0.39 is 0 Å². The van der Waals surface area contributed by atoms with Crippen molar-refractivity contribution in [3.8, 4) is 0 Å². The average Bonchev–Trinajstić information content (AvgIpc) is 2.04. The van der Waals surface area contributed by atoms with E-state index in [1.807, 2.05) is 27.7 Å². The summed E-state index contributed by atoms with van der Waals surface area (Å²) < 4.78 is 0. The first-order valence-corrected chi connectivity index (χ1v) is 4.16. The molecular formula is C9H14ClN. The zero-order valence-electron chi connectivity index (χ0n) is 7.48. The highest BCUT2D eigenvalue weighted by atomic mass is 35.5. The fourth-order valence-electron chi connectivity index (χ4n) is 0.685. The highest BCUT2D eigenvalue weighted by Gasteiger charge is 1.95. The van der Waals surface area contributed by atoms with E-state index >= 15 is 0 Å². The molecule has 0 atom stereocenters. The molecule has 11 heavy (non-hydrogen) atoms. The Kier molecular flexibility index (Phi) is 4.88. The maximum atomic E-state index is 5.84. The van der Waals surface area contributed by atoms with Gasteiger partial charge in [0.25, 0.3) is 0 Å². The van der Waals surface area contributed by atoms with Crippen molar-refractivity contribution in [2.75, 3.05) is 0 Å². The van der Waals surface area contributed by atoms with E-state index in [-0.39, 0.29) is 0 Å². The first-order valence-electron chi connectivity index (χ1n) is 3.78. The van der Waals surface area contributed by atoms with Crippen LogP contribution in [0.1, 0.15) is 25.0 Å². The van der Waals surface area contributed by atoms with Crippen LogP contribution in [0.3, 0.4) is 0 Å². The van der Waals surface area contributed by atoms with E-state index in [0.29, 0.717) is 0 Å². The predicted octanol–water partition coefficient (Wildman–Crippen LogP) is 3.38. The summed E-state index contributed by atoms with van der Waals surface area (Å²) in [5.74, 6) is 0. The van der Waals surface area contributed by atoms with Gasteiger partial charge in [-0.3, -0.25) is 4.98 Å². The predicted molar refractivity (Wildman–Crippen MR) is 50.1 cm³/mol. The van der Waals surface area contributed by atoms with Crippen molar-refractivity contribution in [1.29, 1.82) is 0 Å². The van der Waals surface area contributed by atoms with Gasteiger partial charge >= 0.3 is 0 Å². The maximum absolute atomic E-state index is 5.84. The van der Waals surface area contributed by atoms with Crippen LogP contribution in [0.5, 0.6) is 0 Å². The van der Waals surface area contributed by atoms with Crippen LogP contribution in [0.4, 0.5) is 0 Å². The van der Waals surface area contributed by atoms with Crippen LogP contribution in [-0.4, -0.2) is 4.98 Å². The Bertz CT molecular complexity index is 201. The summed E-state index contributed by atoms with van der Waals surface area (Å²) >= 11 is 5.84. The molecule has 0 aromatic carbocycles. The van der Waals surface area contributed by atoms with Gasteiger partial charge in [0, 0.05) is 17.4 Å². The van der Waals surface area contributed by atoms with Gasteiger partial charge in [0.1, 0.15) is 0 Å². The van der Waals surface area contributed by atoms with Crippen LogP contribution in [-0.2, 0) is 0 Å². The molecule has 0 fully saturated rings. The number of halogens is 1. The number of nitrogens with zero attached hydrogens (tertiary/aromatic N) is 1. The van der Waals surface area contributed by atoms with Gasteiger partial charge < -0.3 is 0 Å². The molecule has 0 aliphatic heterocycles. The first kappa shape index (κ1) is 10.4. The summed E-state index contributed by atoms with van der Waals surface area (Å²) in [6, 6.07) is 0. The third-order valence-corrected chi connectivity index (χ3v) is 1.82. The molecule has 1 nitrogen and oxygen atoms in total. The van der Waals surface area contributed by atoms with Crippen molar-refractivity contribution < 1.29 is 0 Å². The number of hydrogen-bond acceptors (Lipinski definition) is 1. The number of pyridine rings is 1. The maximum Gasteiger partial charge on any atom is 0.0495 e. The Balaban J connectivity index is 0.000000461. The average molecular weight is 172 g/mol. The van der Waals surface area contributed by atoms with Gasteiger partial charge in [0.15, 0.2) is 0 Å². The van der Waals surface area contributed by atoms with Crippen LogP contribution in [0.15, 0.2) is 12.4 Å².